The molecule has 4 N–H and O–H groups in total. The molecule has 1 spiro atoms. The van der Waals surface area contributed by atoms with Gasteiger partial charge in [0, 0.05) is 11.5 Å². The summed E-state index contributed by atoms with van der Waals surface area (Å²) in [4.78, 5) is 38.5. The van der Waals surface area contributed by atoms with E-state index in [4.69, 9.17) is 10.5 Å². The molecule has 42 heavy (non-hydrogen) atoms. The molecule has 3 bridgehead atoms. The second kappa shape index (κ2) is 10.4. The van der Waals surface area contributed by atoms with Crippen molar-refractivity contribution in [3.8, 4) is 0 Å². The van der Waals surface area contributed by atoms with E-state index < -0.39 is 17.8 Å². The van der Waals surface area contributed by atoms with E-state index >= 15 is 0 Å². The number of rotatable bonds is 8. The summed E-state index contributed by atoms with van der Waals surface area (Å²) >= 11 is 0. The molecule has 7 rings (SSSR count). The molecule has 5 aliphatic rings. The van der Waals surface area contributed by atoms with Gasteiger partial charge in [0.1, 0.15) is 18.5 Å². The average Bonchev–Trinajstić information content (AvgIpc) is 3.29. The first-order chi connectivity index (χ1) is 20.2. The van der Waals surface area contributed by atoms with E-state index in [1.807, 2.05) is 24.3 Å². The zero-order valence-electron chi connectivity index (χ0n) is 23.9. The summed E-state index contributed by atoms with van der Waals surface area (Å²) in [6, 6.07) is 12.4. The first kappa shape index (κ1) is 27.4. The quantitative estimate of drug-likeness (QED) is 0.380. The van der Waals surface area contributed by atoms with Crippen LogP contribution in [0.1, 0.15) is 92.9 Å². The third-order valence-electron chi connectivity index (χ3n) is 11.5. The molecule has 0 saturated heterocycles. The third-order valence-corrected chi connectivity index (χ3v) is 11.5. The summed E-state index contributed by atoms with van der Waals surface area (Å²) in [7, 11) is 0. The van der Waals surface area contributed by atoms with Crippen LogP contribution in [0.15, 0.2) is 48.5 Å². The number of ether oxygens (including phenoxy) is 1. The van der Waals surface area contributed by atoms with Crippen molar-refractivity contribution in [2.75, 3.05) is 0 Å². The Balaban J connectivity index is 0.962. The molecule has 5 aliphatic carbocycles. The molecule has 0 aliphatic heterocycles. The van der Waals surface area contributed by atoms with Gasteiger partial charge in [-0.05, 0) is 109 Å². The number of carbonyl (C=O) groups is 3. The van der Waals surface area contributed by atoms with Crippen molar-refractivity contribution in [3.63, 3.8) is 0 Å². The SMILES string of the molecule is NC(=O)[C@@H](NC(=O)[C@@H]1CCCC[C@H]1c1ccc(COC(=O)NC23CC4CC5CC(C2)C5(C4)C3)cc1)c1ccc(F)cc1. The van der Waals surface area contributed by atoms with E-state index in [2.05, 4.69) is 10.6 Å². The van der Waals surface area contributed by atoms with Crippen LogP contribution in [0.5, 0.6) is 0 Å². The number of benzene rings is 2. The normalized spacial score (nSPS) is 34.6. The first-order valence-corrected chi connectivity index (χ1v) is 15.6. The van der Waals surface area contributed by atoms with Gasteiger partial charge in [0.25, 0.3) is 0 Å². The molecule has 5 saturated carbocycles. The van der Waals surface area contributed by atoms with Crippen molar-refractivity contribution in [1.29, 1.82) is 0 Å². The van der Waals surface area contributed by atoms with Gasteiger partial charge >= 0.3 is 6.09 Å². The van der Waals surface area contributed by atoms with Gasteiger partial charge in [-0.2, -0.15) is 0 Å². The van der Waals surface area contributed by atoms with E-state index in [0.29, 0.717) is 17.4 Å². The number of primary amides is 1. The number of fused-ring (bicyclic) bond motifs is 2. The molecule has 7 nitrogen and oxygen atoms in total. The van der Waals surface area contributed by atoms with Crippen LogP contribution in [0.3, 0.4) is 0 Å². The number of carbonyl (C=O) groups excluding carboxylic acids is 3. The number of nitrogens with two attached hydrogens (primary N) is 1. The van der Waals surface area contributed by atoms with Gasteiger partial charge in [-0.3, -0.25) is 9.59 Å². The molecule has 2 aromatic carbocycles. The first-order valence-electron chi connectivity index (χ1n) is 15.6. The zero-order chi connectivity index (χ0) is 29.1. The highest BCUT2D eigenvalue weighted by Gasteiger charge is 2.71. The van der Waals surface area contributed by atoms with Crippen LogP contribution in [-0.4, -0.2) is 23.4 Å². The molecule has 5 unspecified atom stereocenters. The summed E-state index contributed by atoms with van der Waals surface area (Å²) in [6.45, 7) is 0.204. The molecule has 222 valence electrons. The minimum atomic E-state index is -1.02. The van der Waals surface area contributed by atoms with Gasteiger partial charge in [-0.15, -0.1) is 0 Å². The van der Waals surface area contributed by atoms with Gasteiger partial charge in [-0.25, -0.2) is 9.18 Å². The molecule has 0 aromatic heterocycles. The van der Waals surface area contributed by atoms with Crippen molar-refractivity contribution in [2.24, 2.45) is 34.8 Å². The van der Waals surface area contributed by atoms with Crippen LogP contribution < -0.4 is 16.4 Å². The Labute approximate surface area is 246 Å². The van der Waals surface area contributed by atoms with Crippen LogP contribution >= 0.6 is 0 Å². The van der Waals surface area contributed by atoms with Gasteiger partial charge in [0.2, 0.25) is 11.8 Å². The summed E-state index contributed by atoms with van der Waals surface area (Å²) in [5.74, 6) is 0.808. The monoisotopic (exact) mass is 573 g/mol. The topological polar surface area (TPSA) is 111 Å². The maximum Gasteiger partial charge on any atom is 0.407 e. The Kier molecular flexibility index (Phi) is 6.78. The lowest BCUT2D eigenvalue weighted by atomic mass is 9.56. The standard InChI is InChI=1S/C34H40FN3O4/c35-26-11-9-23(10-12-26)29(30(36)39)37-31(40)28-4-2-1-3-27(28)22-7-5-20(6-8-22)18-42-32(41)38-33-15-21-13-24-14-25(17-33)34(24,16-21)19-33/h5-12,21,24-25,27-29H,1-4,13-19H2,(H2,36,39)(H,37,40)(H,38,41)/t21?,24?,25?,27-,28+,29-,33?,34?/m0/s1. The van der Waals surface area contributed by atoms with E-state index in [1.165, 1.54) is 43.5 Å². The number of nitrogens with one attached hydrogen (secondary N) is 2. The highest BCUT2D eigenvalue weighted by molar-refractivity contribution is 5.89. The fourth-order valence-corrected chi connectivity index (χ4v) is 9.83. The van der Waals surface area contributed by atoms with Crippen LogP contribution in [0.4, 0.5) is 9.18 Å². The lowest BCUT2D eigenvalue weighted by Gasteiger charge is -2.49. The second-order valence-electron chi connectivity index (χ2n) is 13.9. The number of alkyl carbamates (subject to hydrolysis) is 1. The Hall–Kier alpha value is -3.42. The number of halogens is 1. The molecule has 0 radical (unpaired) electrons. The number of hydrogen-bond acceptors (Lipinski definition) is 4. The van der Waals surface area contributed by atoms with Crippen molar-refractivity contribution in [3.05, 3.63) is 71.0 Å². The van der Waals surface area contributed by atoms with Gasteiger partial charge < -0.3 is 21.1 Å². The second-order valence-corrected chi connectivity index (χ2v) is 13.9. The molecule has 3 amide bonds. The molecule has 5 fully saturated rings. The molecular weight excluding hydrogens is 533 g/mol. The summed E-state index contributed by atoms with van der Waals surface area (Å²) < 4.78 is 19.1. The predicted molar refractivity (Wildman–Crippen MR) is 154 cm³/mol. The van der Waals surface area contributed by atoms with Crippen LogP contribution in [0.2, 0.25) is 0 Å². The highest BCUT2D eigenvalue weighted by atomic mass is 19.1. The minimum Gasteiger partial charge on any atom is -0.445 e. The van der Waals surface area contributed by atoms with Gasteiger partial charge in [0.15, 0.2) is 0 Å². The van der Waals surface area contributed by atoms with E-state index in [0.717, 1.165) is 67.4 Å². The largest absolute Gasteiger partial charge is 0.445 e. The highest BCUT2D eigenvalue weighted by Crippen LogP contribution is 2.76. The molecule has 8 heteroatoms. The van der Waals surface area contributed by atoms with Crippen LogP contribution in [0.25, 0.3) is 0 Å². The minimum absolute atomic E-state index is 0.000435. The maximum absolute atomic E-state index is 13.4. The smallest absolute Gasteiger partial charge is 0.407 e. The van der Waals surface area contributed by atoms with Crippen molar-refractivity contribution >= 4 is 17.9 Å². The number of amides is 3. The van der Waals surface area contributed by atoms with E-state index in [9.17, 15) is 18.8 Å². The summed E-state index contributed by atoms with van der Waals surface area (Å²) in [5.41, 5.74) is 8.46. The Morgan fingerprint density at radius 2 is 1.71 bits per heavy atom. The van der Waals surface area contributed by atoms with E-state index in [-0.39, 0.29) is 36.0 Å². The molecule has 8 atom stereocenters. The molecular formula is C34H40FN3O4. The maximum atomic E-state index is 13.4. The zero-order valence-corrected chi connectivity index (χ0v) is 23.9. The number of hydrogen-bond donors (Lipinski definition) is 3. The predicted octanol–water partition coefficient (Wildman–Crippen LogP) is 5.64. The summed E-state index contributed by atoms with van der Waals surface area (Å²) in [5, 5.41) is 6.13. The fraction of sp³-hybridized carbons (Fsp3) is 0.559. The molecule has 2 aromatic rings. The van der Waals surface area contributed by atoms with Gasteiger partial charge in [-0.1, -0.05) is 49.2 Å². The van der Waals surface area contributed by atoms with Crippen molar-refractivity contribution in [1.82, 2.24) is 10.6 Å². The Bertz CT molecular complexity index is 1380. The van der Waals surface area contributed by atoms with Crippen molar-refractivity contribution in [2.45, 2.75) is 88.3 Å². The van der Waals surface area contributed by atoms with E-state index in [1.54, 1.807) is 0 Å². The third kappa shape index (κ3) is 4.77. The van der Waals surface area contributed by atoms with Gasteiger partial charge in [0.05, 0.1) is 0 Å². The van der Waals surface area contributed by atoms with Crippen LogP contribution in [0, 0.1) is 34.9 Å². The molecule has 0 heterocycles. The fourth-order valence-electron chi connectivity index (χ4n) is 9.83. The van der Waals surface area contributed by atoms with Crippen molar-refractivity contribution < 1.29 is 23.5 Å². The Morgan fingerprint density at radius 1 is 0.952 bits per heavy atom. The summed E-state index contributed by atoms with van der Waals surface area (Å²) in [6.07, 6.45) is 10.6. The lowest BCUT2D eigenvalue weighted by Crippen LogP contribution is -2.50. The average molecular weight is 574 g/mol. The van der Waals surface area contributed by atoms with Crippen LogP contribution in [-0.2, 0) is 20.9 Å². The Morgan fingerprint density at radius 3 is 2.48 bits per heavy atom. The lowest BCUT2D eigenvalue weighted by molar-refractivity contribution is -0.131.